The van der Waals surface area contributed by atoms with Crippen LogP contribution in [0.5, 0.6) is 17.2 Å². The largest absolute Gasteiger partial charge is 0.504 e. The molecule has 1 aliphatic carbocycles. The van der Waals surface area contributed by atoms with E-state index in [9.17, 15) is 15.3 Å². The van der Waals surface area contributed by atoms with Crippen LogP contribution in [-0.2, 0) is 6.54 Å². The first kappa shape index (κ1) is 14.0. The van der Waals surface area contributed by atoms with Crippen LogP contribution >= 0.6 is 0 Å². The van der Waals surface area contributed by atoms with Crippen molar-refractivity contribution in [2.75, 3.05) is 0 Å². The van der Waals surface area contributed by atoms with Gasteiger partial charge in [0.1, 0.15) is 0 Å². The SMILES string of the molecule is CCC1CCCC(NCc2ccc(O)c(O)c2O)C1. The van der Waals surface area contributed by atoms with Crippen LogP contribution in [0.3, 0.4) is 0 Å². The third-order valence-electron chi connectivity index (χ3n) is 4.15. The lowest BCUT2D eigenvalue weighted by Crippen LogP contribution is -2.33. The molecular weight excluding hydrogens is 242 g/mol. The number of aromatic hydroxyl groups is 3. The van der Waals surface area contributed by atoms with Crippen LogP contribution in [0.25, 0.3) is 0 Å². The Balaban J connectivity index is 1.93. The Labute approximate surface area is 114 Å². The van der Waals surface area contributed by atoms with Crippen molar-refractivity contribution in [3.63, 3.8) is 0 Å². The number of phenolic OH excluding ortho intramolecular Hbond substituents is 3. The second-order valence-corrected chi connectivity index (χ2v) is 5.46. The number of nitrogens with one attached hydrogen (secondary N) is 1. The molecule has 0 bridgehead atoms. The molecule has 4 N–H and O–H groups in total. The van der Waals surface area contributed by atoms with Crippen LogP contribution in [0.15, 0.2) is 12.1 Å². The first-order chi connectivity index (χ1) is 9.11. The van der Waals surface area contributed by atoms with Gasteiger partial charge in [0, 0.05) is 18.2 Å². The minimum Gasteiger partial charge on any atom is -0.504 e. The van der Waals surface area contributed by atoms with Gasteiger partial charge in [-0.25, -0.2) is 0 Å². The maximum absolute atomic E-state index is 9.76. The molecule has 2 unspecified atom stereocenters. The van der Waals surface area contributed by atoms with Gasteiger partial charge in [-0.05, 0) is 24.8 Å². The van der Waals surface area contributed by atoms with E-state index in [0.717, 1.165) is 5.92 Å². The van der Waals surface area contributed by atoms with Gasteiger partial charge in [-0.3, -0.25) is 0 Å². The van der Waals surface area contributed by atoms with Crippen LogP contribution < -0.4 is 5.32 Å². The van der Waals surface area contributed by atoms with E-state index in [1.54, 1.807) is 6.07 Å². The molecule has 0 radical (unpaired) electrons. The fourth-order valence-corrected chi connectivity index (χ4v) is 2.85. The Morgan fingerprint density at radius 2 is 1.95 bits per heavy atom. The first-order valence-corrected chi connectivity index (χ1v) is 7.08. The van der Waals surface area contributed by atoms with E-state index in [2.05, 4.69) is 12.2 Å². The summed E-state index contributed by atoms with van der Waals surface area (Å²) in [6.45, 7) is 2.75. The third-order valence-corrected chi connectivity index (χ3v) is 4.15. The summed E-state index contributed by atoms with van der Waals surface area (Å²) in [7, 11) is 0. The van der Waals surface area contributed by atoms with Gasteiger partial charge in [0.2, 0.25) is 5.75 Å². The second-order valence-electron chi connectivity index (χ2n) is 5.46. The van der Waals surface area contributed by atoms with Crippen LogP contribution in [0.4, 0.5) is 0 Å². The Bertz CT molecular complexity index is 434. The summed E-state index contributed by atoms with van der Waals surface area (Å²) in [5, 5.41) is 31.9. The number of phenols is 3. The van der Waals surface area contributed by atoms with E-state index in [-0.39, 0.29) is 11.5 Å². The van der Waals surface area contributed by atoms with Gasteiger partial charge in [-0.15, -0.1) is 0 Å². The molecule has 1 fully saturated rings. The molecule has 4 nitrogen and oxygen atoms in total. The molecule has 0 aliphatic heterocycles. The standard InChI is InChI=1S/C15H23NO3/c1-2-10-4-3-5-12(8-10)16-9-11-6-7-13(17)15(19)14(11)18/h6-7,10,12,16-19H,2-5,8-9H2,1H3. The van der Waals surface area contributed by atoms with Gasteiger partial charge in [-0.1, -0.05) is 32.3 Å². The summed E-state index contributed by atoms with van der Waals surface area (Å²) >= 11 is 0. The molecule has 0 spiro atoms. The Morgan fingerprint density at radius 1 is 1.16 bits per heavy atom. The molecule has 1 aromatic rings. The van der Waals surface area contributed by atoms with E-state index >= 15 is 0 Å². The van der Waals surface area contributed by atoms with E-state index in [0.29, 0.717) is 18.2 Å². The average Bonchev–Trinajstić information content (AvgIpc) is 2.44. The Kier molecular flexibility index (Phi) is 4.53. The maximum Gasteiger partial charge on any atom is 0.200 e. The lowest BCUT2D eigenvalue weighted by molar-refractivity contribution is 0.277. The van der Waals surface area contributed by atoms with Crippen molar-refractivity contribution in [3.8, 4) is 17.2 Å². The highest BCUT2D eigenvalue weighted by Gasteiger charge is 2.20. The highest BCUT2D eigenvalue weighted by molar-refractivity contribution is 5.52. The minimum absolute atomic E-state index is 0.227. The van der Waals surface area contributed by atoms with E-state index in [1.165, 1.54) is 38.2 Å². The molecule has 1 aromatic carbocycles. The predicted octanol–water partition coefficient (Wildman–Crippen LogP) is 2.86. The topological polar surface area (TPSA) is 72.7 Å². The van der Waals surface area contributed by atoms with Crippen LogP contribution in [0.2, 0.25) is 0 Å². The minimum atomic E-state index is -0.436. The summed E-state index contributed by atoms with van der Waals surface area (Å²) in [5.74, 6) is -0.150. The van der Waals surface area contributed by atoms with Gasteiger partial charge in [-0.2, -0.15) is 0 Å². The Hall–Kier alpha value is -1.42. The summed E-state index contributed by atoms with van der Waals surface area (Å²) in [4.78, 5) is 0. The molecule has 4 heteroatoms. The predicted molar refractivity (Wildman–Crippen MR) is 74.3 cm³/mol. The summed E-state index contributed by atoms with van der Waals surface area (Å²) in [6.07, 6.45) is 6.15. The first-order valence-electron chi connectivity index (χ1n) is 7.08. The smallest absolute Gasteiger partial charge is 0.200 e. The van der Waals surface area contributed by atoms with Gasteiger partial charge in [0.05, 0.1) is 0 Å². The van der Waals surface area contributed by atoms with Gasteiger partial charge in [0.25, 0.3) is 0 Å². The molecule has 2 atom stereocenters. The van der Waals surface area contributed by atoms with Crippen LogP contribution in [0.1, 0.15) is 44.6 Å². The number of hydrogen-bond acceptors (Lipinski definition) is 4. The summed E-state index contributed by atoms with van der Waals surface area (Å²) in [5.41, 5.74) is 0.619. The summed E-state index contributed by atoms with van der Waals surface area (Å²) in [6, 6.07) is 3.52. The van der Waals surface area contributed by atoms with Crippen LogP contribution in [0, 0.1) is 5.92 Å². The zero-order valence-electron chi connectivity index (χ0n) is 11.4. The molecule has 0 amide bonds. The van der Waals surface area contributed by atoms with Gasteiger partial charge < -0.3 is 20.6 Å². The zero-order chi connectivity index (χ0) is 13.8. The maximum atomic E-state index is 9.76. The molecule has 2 rings (SSSR count). The average molecular weight is 265 g/mol. The zero-order valence-corrected chi connectivity index (χ0v) is 11.4. The molecule has 19 heavy (non-hydrogen) atoms. The fraction of sp³-hybridized carbons (Fsp3) is 0.600. The molecular formula is C15H23NO3. The third kappa shape index (κ3) is 3.32. The molecule has 0 saturated heterocycles. The van der Waals surface area contributed by atoms with E-state index < -0.39 is 5.75 Å². The lowest BCUT2D eigenvalue weighted by atomic mass is 9.84. The number of hydrogen-bond donors (Lipinski definition) is 4. The normalized spacial score (nSPS) is 23.4. The second kappa shape index (κ2) is 6.15. The fourth-order valence-electron chi connectivity index (χ4n) is 2.85. The molecule has 106 valence electrons. The molecule has 1 aliphatic rings. The van der Waals surface area contributed by atoms with Crippen molar-refractivity contribution in [1.29, 1.82) is 0 Å². The molecule has 0 heterocycles. The number of rotatable bonds is 4. The van der Waals surface area contributed by atoms with Crippen molar-refractivity contribution < 1.29 is 15.3 Å². The van der Waals surface area contributed by atoms with Crippen molar-refractivity contribution >= 4 is 0 Å². The van der Waals surface area contributed by atoms with Gasteiger partial charge in [0.15, 0.2) is 11.5 Å². The summed E-state index contributed by atoms with van der Waals surface area (Å²) < 4.78 is 0. The van der Waals surface area contributed by atoms with Crippen molar-refractivity contribution in [1.82, 2.24) is 5.32 Å². The van der Waals surface area contributed by atoms with Crippen molar-refractivity contribution in [3.05, 3.63) is 17.7 Å². The quantitative estimate of drug-likeness (QED) is 0.632. The Morgan fingerprint density at radius 3 is 2.68 bits per heavy atom. The number of benzene rings is 1. The highest BCUT2D eigenvalue weighted by Crippen LogP contribution is 2.37. The van der Waals surface area contributed by atoms with Crippen LogP contribution in [-0.4, -0.2) is 21.4 Å². The molecule has 0 aromatic heterocycles. The van der Waals surface area contributed by atoms with E-state index in [4.69, 9.17) is 0 Å². The lowest BCUT2D eigenvalue weighted by Gasteiger charge is -2.29. The van der Waals surface area contributed by atoms with Gasteiger partial charge >= 0.3 is 0 Å². The molecule has 1 saturated carbocycles. The monoisotopic (exact) mass is 265 g/mol. The van der Waals surface area contributed by atoms with E-state index in [1.807, 2.05) is 0 Å². The van der Waals surface area contributed by atoms with Crippen molar-refractivity contribution in [2.45, 2.75) is 51.6 Å². The van der Waals surface area contributed by atoms with Crippen molar-refractivity contribution in [2.24, 2.45) is 5.92 Å². The highest BCUT2D eigenvalue weighted by atomic mass is 16.3.